The second-order valence-electron chi connectivity index (χ2n) is 4.41. The summed E-state index contributed by atoms with van der Waals surface area (Å²) < 4.78 is 36.2. The zero-order valence-corrected chi connectivity index (χ0v) is 9.24. The number of halogens is 3. The van der Waals surface area contributed by atoms with E-state index in [0.29, 0.717) is 6.42 Å². The summed E-state index contributed by atoms with van der Waals surface area (Å²) in [6.45, 7) is 0. The van der Waals surface area contributed by atoms with Crippen LogP contribution in [0.2, 0.25) is 0 Å². The first-order chi connectivity index (χ1) is 7.97. The van der Waals surface area contributed by atoms with Crippen molar-refractivity contribution in [2.45, 2.75) is 43.9 Å². The smallest absolute Gasteiger partial charge is 0.389 e. The summed E-state index contributed by atoms with van der Waals surface area (Å²) in [4.78, 5) is 4.16. The van der Waals surface area contributed by atoms with Crippen LogP contribution in [0.25, 0.3) is 0 Å². The van der Waals surface area contributed by atoms with Gasteiger partial charge < -0.3 is 5.11 Å². The Bertz CT molecular complexity index is 392. The Morgan fingerprint density at radius 3 is 2.94 bits per heavy atom. The molecule has 1 heterocycles. The van der Waals surface area contributed by atoms with Crippen molar-refractivity contribution in [2.24, 2.45) is 0 Å². The number of nitrogens with zero attached hydrogens (tertiary/aromatic N) is 1. The lowest BCUT2D eigenvalue weighted by molar-refractivity contribution is -0.140. The molecule has 0 fully saturated rings. The van der Waals surface area contributed by atoms with Gasteiger partial charge in [-0.25, -0.2) is 0 Å². The highest BCUT2D eigenvalue weighted by atomic mass is 19.4. The molecule has 1 N–H and O–H groups in total. The van der Waals surface area contributed by atoms with Gasteiger partial charge in [0, 0.05) is 24.2 Å². The maximum atomic E-state index is 12.1. The van der Waals surface area contributed by atoms with Gasteiger partial charge in [0.1, 0.15) is 0 Å². The van der Waals surface area contributed by atoms with E-state index in [2.05, 4.69) is 4.98 Å². The first-order valence-electron chi connectivity index (χ1n) is 5.66. The van der Waals surface area contributed by atoms with Crippen LogP contribution in [-0.2, 0) is 6.42 Å². The summed E-state index contributed by atoms with van der Waals surface area (Å²) in [6.07, 6.45) is -3.24. The molecule has 0 radical (unpaired) electrons. The van der Waals surface area contributed by atoms with Gasteiger partial charge in [0.2, 0.25) is 0 Å². The van der Waals surface area contributed by atoms with E-state index in [4.69, 9.17) is 0 Å². The molecule has 5 heteroatoms. The van der Waals surface area contributed by atoms with E-state index in [9.17, 15) is 18.3 Å². The van der Waals surface area contributed by atoms with Gasteiger partial charge in [-0.2, -0.15) is 13.2 Å². The summed E-state index contributed by atoms with van der Waals surface area (Å²) in [5, 5.41) is 9.82. The molecule has 0 amide bonds. The van der Waals surface area contributed by atoms with E-state index < -0.39 is 18.7 Å². The molecule has 0 bridgehead atoms. The van der Waals surface area contributed by atoms with Crippen molar-refractivity contribution in [3.8, 4) is 0 Å². The Labute approximate surface area is 97.5 Å². The average molecular weight is 245 g/mol. The molecule has 2 atom stereocenters. The summed E-state index contributed by atoms with van der Waals surface area (Å²) in [7, 11) is 0. The molecule has 2 nitrogen and oxygen atoms in total. The van der Waals surface area contributed by atoms with Gasteiger partial charge in [-0.15, -0.1) is 0 Å². The zero-order chi connectivity index (χ0) is 12.5. The minimum Gasteiger partial charge on any atom is -0.392 e. The van der Waals surface area contributed by atoms with Crippen LogP contribution in [0.3, 0.4) is 0 Å². The standard InChI is InChI=1S/C12H14F3NO/c13-12(14,15)6-5-10(17)9-4-3-8-2-1-7-16-11(8)9/h1-2,7,9-10,17H,3-6H2. The lowest BCUT2D eigenvalue weighted by Gasteiger charge is -2.18. The first-order valence-corrected chi connectivity index (χ1v) is 5.66. The quantitative estimate of drug-likeness (QED) is 0.888. The third-order valence-corrected chi connectivity index (χ3v) is 3.19. The Morgan fingerprint density at radius 2 is 2.24 bits per heavy atom. The predicted octanol–water partition coefficient (Wildman–Crippen LogP) is 2.81. The summed E-state index contributed by atoms with van der Waals surface area (Å²) in [5.41, 5.74) is 1.81. The van der Waals surface area contributed by atoms with Crippen LogP contribution in [0.15, 0.2) is 18.3 Å². The molecule has 17 heavy (non-hydrogen) atoms. The van der Waals surface area contributed by atoms with Gasteiger partial charge >= 0.3 is 6.18 Å². The van der Waals surface area contributed by atoms with E-state index in [1.165, 1.54) is 0 Å². The average Bonchev–Trinajstić information content (AvgIpc) is 2.68. The van der Waals surface area contributed by atoms with Gasteiger partial charge in [0.25, 0.3) is 0 Å². The Kier molecular flexibility index (Phi) is 3.38. The third-order valence-electron chi connectivity index (χ3n) is 3.19. The van der Waals surface area contributed by atoms with Crippen molar-refractivity contribution in [2.75, 3.05) is 0 Å². The third kappa shape index (κ3) is 2.97. The fourth-order valence-corrected chi connectivity index (χ4v) is 2.33. The number of hydrogen-bond donors (Lipinski definition) is 1. The number of aromatic nitrogens is 1. The Morgan fingerprint density at radius 1 is 1.47 bits per heavy atom. The van der Waals surface area contributed by atoms with Crippen LogP contribution in [0.1, 0.15) is 36.4 Å². The lowest BCUT2D eigenvalue weighted by atomic mass is 9.96. The number of rotatable bonds is 3. The van der Waals surface area contributed by atoms with Gasteiger partial charge in [-0.05, 0) is 30.9 Å². The van der Waals surface area contributed by atoms with Crippen molar-refractivity contribution in [3.63, 3.8) is 0 Å². The number of pyridine rings is 1. The van der Waals surface area contributed by atoms with Crippen LogP contribution >= 0.6 is 0 Å². The second kappa shape index (κ2) is 4.64. The predicted molar refractivity (Wildman–Crippen MR) is 56.6 cm³/mol. The summed E-state index contributed by atoms with van der Waals surface area (Å²) in [6, 6.07) is 3.72. The lowest BCUT2D eigenvalue weighted by Crippen LogP contribution is -2.20. The highest BCUT2D eigenvalue weighted by molar-refractivity contribution is 5.29. The summed E-state index contributed by atoms with van der Waals surface area (Å²) >= 11 is 0. The zero-order valence-electron chi connectivity index (χ0n) is 9.24. The topological polar surface area (TPSA) is 33.1 Å². The van der Waals surface area contributed by atoms with Crippen LogP contribution in [0.5, 0.6) is 0 Å². The van der Waals surface area contributed by atoms with Crippen LogP contribution in [0.4, 0.5) is 13.2 Å². The van der Waals surface area contributed by atoms with Crippen molar-refractivity contribution < 1.29 is 18.3 Å². The Hall–Kier alpha value is -1.10. The minimum absolute atomic E-state index is 0.242. The molecular formula is C12H14F3NO. The molecule has 1 aliphatic carbocycles. The molecule has 1 aromatic rings. The Balaban J connectivity index is 2.00. The second-order valence-corrected chi connectivity index (χ2v) is 4.41. The van der Waals surface area contributed by atoms with Crippen LogP contribution in [0, 0.1) is 0 Å². The van der Waals surface area contributed by atoms with Gasteiger partial charge in [0.15, 0.2) is 0 Å². The number of alkyl halides is 3. The van der Waals surface area contributed by atoms with Gasteiger partial charge in [0.05, 0.1) is 6.10 Å². The molecule has 94 valence electrons. The number of aliphatic hydroxyl groups is 1. The van der Waals surface area contributed by atoms with Gasteiger partial charge in [-0.1, -0.05) is 6.07 Å². The molecule has 0 aromatic carbocycles. The molecule has 2 unspecified atom stereocenters. The molecular weight excluding hydrogens is 231 g/mol. The fraction of sp³-hybridized carbons (Fsp3) is 0.583. The van der Waals surface area contributed by atoms with Crippen molar-refractivity contribution in [1.82, 2.24) is 4.98 Å². The molecule has 1 aliphatic rings. The number of fused-ring (bicyclic) bond motifs is 1. The van der Waals surface area contributed by atoms with E-state index in [1.54, 1.807) is 6.20 Å². The molecule has 0 aliphatic heterocycles. The number of aryl methyl sites for hydroxylation is 1. The van der Waals surface area contributed by atoms with Crippen LogP contribution < -0.4 is 0 Å². The number of aliphatic hydroxyl groups excluding tert-OH is 1. The maximum absolute atomic E-state index is 12.1. The van der Waals surface area contributed by atoms with Crippen LogP contribution in [-0.4, -0.2) is 22.4 Å². The highest BCUT2D eigenvalue weighted by Gasteiger charge is 2.33. The van der Waals surface area contributed by atoms with E-state index in [-0.39, 0.29) is 12.3 Å². The molecule has 2 rings (SSSR count). The highest BCUT2D eigenvalue weighted by Crippen LogP contribution is 2.36. The van der Waals surface area contributed by atoms with E-state index in [0.717, 1.165) is 17.7 Å². The van der Waals surface area contributed by atoms with Crippen molar-refractivity contribution >= 4 is 0 Å². The molecule has 0 spiro atoms. The first kappa shape index (κ1) is 12.4. The largest absolute Gasteiger partial charge is 0.392 e. The fourth-order valence-electron chi connectivity index (χ4n) is 2.33. The molecule has 1 aromatic heterocycles. The van der Waals surface area contributed by atoms with E-state index >= 15 is 0 Å². The molecule has 0 saturated heterocycles. The normalized spacial score (nSPS) is 21.3. The van der Waals surface area contributed by atoms with Gasteiger partial charge in [-0.3, -0.25) is 4.98 Å². The monoisotopic (exact) mass is 245 g/mol. The van der Waals surface area contributed by atoms with Crippen molar-refractivity contribution in [3.05, 3.63) is 29.6 Å². The minimum atomic E-state index is -4.20. The number of hydrogen-bond acceptors (Lipinski definition) is 2. The molecule has 0 saturated carbocycles. The van der Waals surface area contributed by atoms with Crippen molar-refractivity contribution in [1.29, 1.82) is 0 Å². The SMILES string of the molecule is OC(CCC(F)(F)F)C1CCc2cccnc21. The van der Waals surface area contributed by atoms with E-state index in [1.807, 2.05) is 12.1 Å². The maximum Gasteiger partial charge on any atom is 0.389 e. The summed E-state index contributed by atoms with van der Waals surface area (Å²) in [5.74, 6) is -0.242.